The number of hydrogen-bond acceptors (Lipinski definition) is 3. The molecule has 1 heterocycles. The molecular formula is C10H14BrNOS. The summed E-state index contributed by atoms with van der Waals surface area (Å²) in [6, 6.07) is -0.0469. The van der Waals surface area contributed by atoms with E-state index in [1.54, 1.807) is 0 Å². The molecule has 4 heteroatoms. The molecule has 0 saturated heterocycles. The number of carbonyl (C=O) groups is 1. The molecule has 0 aliphatic heterocycles. The lowest BCUT2D eigenvalue weighted by Gasteiger charge is -2.13. The Hall–Kier alpha value is -0.190. The fourth-order valence-corrected chi connectivity index (χ4v) is 2.56. The van der Waals surface area contributed by atoms with Gasteiger partial charge in [-0.15, -0.1) is 0 Å². The van der Waals surface area contributed by atoms with E-state index in [-0.39, 0.29) is 11.8 Å². The van der Waals surface area contributed by atoms with Crippen LogP contribution in [0.1, 0.15) is 30.6 Å². The van der Waals surface area contributed by atoms with Crippen molar-refractivity contribution in [3.63, 3.8) is 0 Å². The van der Waals surface area contributed by atoms with Crippen LogP contribution in [0.4, 0.5) is 0 Å². The van der Waals surface area contributed by atoms with E-state index in [9.17, 15) is 4.79 Å². The third kappa shape index (κ3) is 2.90. The molecule has 1 aromatic heterocycles. The predicted molar refractivity (Wildman–Crippen MR) is 63.8 cm³/mol. The van der Waals surface area contributed by atoms with Crippen molar-refractivity contribution >= 4 is 33.0 Å². The van der Waals surface area contributed by atoms with E-state index in [2.05, 4.69) is 15.9 Å². The van der Waals surface area contributed by atoms with Crippen molar-refractivity contribution in [3.05, 3.63) is 20.8 Å². The zero-order valence-corrected chi connectivity index (χ0v) is 10.7. The Morgan fingerprint density at radius 2 is 2.21 bits per heavy atom. The van der Waals surface area contributed by atoms with E-state index in [1.165, 1.54) is 11.3 Å². The molecule has 0 radical (unpaired) electrons. The third-order valence-corrected chi connectivity index (χ3v) is 3.90. The summed E-state index contributed by atoms with van der Waals surface area (Å²) in [5.41, 5.74) is 6.60. The number of rotatable bonds is 4. The maximum absolute atomic E-state index is 11.7. The molecule has 0 aliphatic carbocycles. The summed E-state index contributed by atoms with van der Waals surface area (Å²) in [5.74, 6) is 0.468. The molecule has 2 N–H and O–H groups in total. The summed E-state index contributed by atoms with van der Waals surface area (Å²) in [5, 5.41) is 3.77. The Balaban J connectivity index is 2.64. The van der Waals surface area contributed by atoms with Crippen molar-refractivity contribution in [1.29, 1.82) is 0 Å². The van der Waals surface area contributed by atoms with Gasteiger partial charge in [-0.3, -0.25) is 4.79 Å². The second-order valence-electron chi connectivity index (χ2n) is 3.67. The van der Waals surface area contributed by atoms with Gasteiger partial charge >= 0.3 is 0 Å². The van der Waals surface area contributed by atoms with Gasteiger partial charge in [-0.05, 0) is 21.8 Å². The van der Waals surface area contributed by atoms with Crippen LogP contribution in [0.5, 0.6) is 0 Å². The van der Waals surface area contributed by atoms with Gasteiger partial charge in [0.15, 0.2) is 5.78 Å². The molecule has 0 fully saturated rings. The third-order valence-electron chi connectivity index (χ3n) is 2.19. The first-order chi connectivity index (χ1) is 6.52. The Labute approximate surface area is 96.6 Å². The van der Waals surface area contributed by atoms with Gasteiger partial charge in [0.05, 0.1) is 0 Å². The lowest BCUT2D eigenvalue weighted by atomic mass is 9.98. The van der Waals surface area contributed by atoms with E-state index < -0.39 is 0 Å². The highest BCUT2D eigenvalue weighted by atomic mass is 79.9. The van der Waals surface area contributed by atoms with Crippen LogP contribution < -0.4 is 5.73 Å². The van der Waals surface area contributed by atoms with Gasteiger partial charge in [0.25, 0.3) is 0 Å². The fourth-order valence-electron chi connectivity index (χ4n) is 1.04. The van der Waals surface area contributed by atoms with Gasteiger partial charge in [0.2, 0.25) is 0 Å². The number of carbonyl (C=O) groups excluding carboxylic acids is 1. The molecule has 1 unspecified atom stereocenters. The summed E-state index contributed by atoms with van der Waals surface area (Å²) in [7, 11) is 0. The maximum atomic E-state index is 11.7. The first-order valence-electron chi connectivity index (χ1n) is 4.53. The lowest BCUT2D eigenvalue weighted by molar-refractivity contribution is 0.0967. The lowest BCUT2D eigenvalue weighted by Crippen LogP contribution is -2.29. The second kappa shape index (κ2) is 5.05. The van der Waals surface area contributed by atoms with E-state index in [0.29, 0.717) is 12.3 Å². The van der Waals surface area contributed by atoms with Crippen molar-refractivity contribution in [2.75, 3.05) is 0 Å². The number of thiophene rings is 1. The molecule has 0 bridgehead atoms. The number of ketones is 1. The molecule has 0 saturated carbocycles. The first-order valence-corrected chi connectivity index (χ1v) is 6.26. The molecule has 14 heavy (non-hydrogen) atoms. The van der Waals surface area contributed by atoms with Crippen LogP contribution in [-0.4, -0.2) is 11.8 Å². The molecule has 78 valence electrons. The number of halogens is 1. The normalized spacial score (nSPS) is 13.2. The average molecular weight is 276 g/mol. The van der Waals surface area contributed by atoms with Crippen LogP contribution in [0, 0.1) is 5.92 Å². The van der Waals surface area contributed by atoms with Crippen molar-refractivity contribution < 1.29 is 4.79 Å². The van der Waals surface area contributed by atoms with Crippen molar-refractivity contribution in [3.8, 4) is 0 Å². The van der Waals surface area contributed by atoms with Gasteiger partial charge in [0.1, 0.15) is 0 Å². The molecule has 1 rings (SSSR count). The summed E-state index contributed by atoms with van der Waals surface area (Å²) >= 11 is 4.86. The highest BCUT2D eigenvalue weighted by molar-refractivity contribution is 9.10. The number of nitrogens with two attached hydrogens (primary N) is 1. The van der Waals surface area contributed by atoms with Crippen LogP contribution in [0.25, 0.3) is 0 Å². The SMILES string of the molecule is CC(C)C(N)CC(=O)c1cscc1Br. The maximum Gasteiger partial charge on any atom is 0.166 e. The van der Waals surface area contributed by atoms with Crippen molar-refractivity contribution in [2.24, 2.45) is 11.7 Å². The van der Waals surface area contributed by atoms with Gasteiger partial charge in [-0.1, -0.05) is 13.8 Å². The Morgan fingerprint density at radius 1 is 1.57 bits per heavy atom. The minimum Gasteiger partial charge on any atom is -0.327 e. The fraction of sp³-hybridized carbons (Fsp3) is 0.500. The van der Waals surface area contributed by atoms with E-state index in [1.807, 2.05) is 24.6 Å². The topological polar surface area (TPSA) is 43.1 Å². The smallest absolute Gasteiger partial charge is 0.166 e. The summed E-state index contributed by atoms with van der Waals surface area (Å²) < 4.78 is 0.878. The summed E-state index contributed by atoms with van der Waals surface area (Å²) in [6.07, 6.45) is 0.424. The van der Waals surface area contributed by atoms with Gasteiger partial charge in [-0.2, -0.15) is 11.3 Å². The van der Waals surface area contributed by atoms with Crippen molar-refractivity contribution in [2.45, 2.75) is 26.3 Å². The Kier molecular flexibility index (Phi) is 4.29. The van der Waals surface area contributed by atoms with Crippen LogP contribution >= 0.6 is 27.3 Å². The first kappa shape index (κ1) is 11.9. The van der Waals surface area contributed by atoms with E-state index >= 15 is 0 Å². The van der Waals surface area contributed by atoms with Crippen LogP contribution in [0.15, 0.2) is 15.2 Å². The molecule has 0 amide bonds. The largest absolute Gasteiger partial charge is 0.327 e. The minimum atomic E-state index is -0.0469. The van der Waals surface area contributed by atoms with Crippen LogP contribution in [0.3, 0.4) is 0 Å². The minimum absolute atomic E-state index is 0.0469. The quantitative estimate of drug-likeness (QED) is 0.859. The Morgan fingerprint density at radius 3 is 2.64 bits per heavy atom. The zero-order chi connectivity index (χ0) is 10.7. The van der Waals surface area contributed by atoms with Crippen molar-refractivity contribution in [1.82, 2.24) is 0 Å². The molecule has 1 aromatic rings. The second-order valence-corrected chi connectivity index (χ2v) is 5.27. The average Bonchev–Trinajstić information content (AvgIpc) is 2.51. The highest BCUT2D eigenvalue weighted by Gasteiger charge is 2.16. The molecule has 0 aliphatic rings. The van der Waals surface area contributed by atoms with E-state index in [4.69, 9.17) is 5.73 Å². The standard InChI is InChI=1S/C10H14BrNOS/c1-6(2)9(12)3-10(13)7-4-14-5-8(7)11/h4-6,9H,3,12H2,1-2H3. The van der Waals surface area contributed by atoms with Crippen LogP contribution in [0.2, 0.25) is 0 Å². The predicted octanol–water partition coefficient (Wildman–Crippen LogP) is 3.07. The molecule has 0 spiro atoms. The highest BCUT2D eigenvalue weighted by Crippen LogP contribution is 2.23. The number of hydrogen-bond donors (Lipinski definition) is 1. The van der Waals surface area contributed by atoms with Gasteiger partial charge in [-0.25, -0.2) is 0 Å². The molecule has 1 atom stereocenters. The monoisotopic (exact) mass is 275 g/mol. The summed E-state index contributed by atoms with van der Waals surface area (Å²) in [4.78, 5) is 11.7. The molecule has 2 nitrogen and oxygen atoms in total. The van der Waals surface area contributed by atoms with Crippen LogP contribution in [-0.2, 0) is 0 Å². The number of Topliss-reactive ketones (excluding diaryl/α,β-unsaturated/α-hetero) is 1. The molecular weight excluding hydrogens is 262 g/mol. The molecule has 0 aromatic carbocycles. The summed E-state index contributed by atoms with van der Waals surface area (Å²) in [6.45, 7) is 4.06. The zero-order valence-electron chi connectivity index (χ0n) is 8.29. The van der Waals surface area contributed by atoms with Gasteiger partial charge in [0, 0.05) is 33.3 Å². The Bertz CT molecular complexity index is 322. The van der Waals surface area contributed by atoms with E-state index in [0.717, 1.165) is 10.0 Å². The van der Waals surface area contributed by atoms with Gasteiger partial charge < -0.3 is 5.73 Å².